The van der Waals surface area contributed by atoms with E-state index in [1.54, 1.807) is 0 Å². The van der Waals surface area contributed by atoms with E-state index < -0.39 is 61.4 Å². The van der Waals surface area contributed by atoms with Gasteiger partial charge in [0, 0.05) is 7.05 Å². The minimum Gasteiger partial charge on any atom is -0.452 e. The Balaban J connectivity index is 1.98. The molecule has 1 heterocycles. The first-order valence-corrected chi connectivity index (χ1v) is 10.6. The summed E-state index contributed by atoms with van der Waals surface area (Å²) in [5.74, 6) is -0.633. The largest absolute Gasteiger partial charge is 0.573 e. The molecule has 0 unspecified atom stereocenters. The molecule has 0 bridgehead atoms. The molecule has 1 aliphatic rings. The Morgan fingerprint density at radius 2 is 1.78 bits per heavy atom. The minimum absolute atomic E-state index is 0.0209. The molecule has 202 valence electrons. The molecule has 7 nitrogen and oxygen atoms in total. The van der Waals surface area contributed by atoms with Gasteiger partial charge in [-0.1, -0.05) is 0 Å². The topological polar surface area (TPSA) is 68.3 Å². The van der Waals surface area contributed by atoms with Crippen molar-refractivity contribution in [1.29, 1.82) is 0 Å². The number of ether oxygens (including phenoxy) is 3. The van der Waals surface area contributed by atoms with E-state index in [-0.39, 0.29) is 22.4 Å². The number of halogens is 7. The lowest BCUT2D eigenvalue weighted by Gasteiger charge is -2.25. The van der Waals surface area contributed by atoms with Gasteiger partial charge in [0.05, 0.1) is 30.9 Å². The van der Waals surface area contributed by atoms with Crippen molar-refractivity contribution in [2.24, 2.45) is 0 Å². The fraction of sp³-hybridized carbons (Fsp3) is 0.391. The zero-order valence-corrected chi connectivity index (χ0v) is 19.6. The highest BCUT2D eigenvalue weighted by Crippen LogP contribution is 2.39. The molecule has 14 heteroatoms. The molecule has 0 spiro atoms. The summed E-state index contributed by atoms with van der Waals surface area (Å²) in [5, 5.41) is 0. The number of anilines is 1. The fourth-order valence-electron chi connectivity index (χ4n) is 3.91. The molecule has 2 amide bonds. The van der Waals surface area contributed by atoms with Crippen LogP contribution in [0.1, 0.15) is 35.3 Å². The zero-order chi connectivity index (χ0) is 27.7. The van der Waals surface area contributed by atoms with Crippen LogP contribution in [0.2, 0.25) is 0 Å². The molecule has 0 aromatic heterocycles. The van der Waals surface area contributed by atoms with Gasteiger partial charge < -0.3 is 14.2 Å². The van der Waals surface area contributed by atoms with Gasteiger partial charge in [-0.25, -0.2) is 14.0 Å². The first kappa shape index (κ1) is 27.9. The van der Waals surface area contributed by atoms with Gasteiger partial charge in [0.25, 0.3) is 0 Å². The predicted octanol–water partition coefficient (Wildman–Crippen LogP) is 6.36. The summed E-state index contributed by atoms with van der Waals surface area (Å²) in [6.45, 7) is -0.146. The number of cyclic esters (lactones) is 1. The number of alkyl halides is 7. The van der Waals surface area contributed by atoms with E-state index in [1.807, 2.05) is 0 Å². The van der Waals surface area contributed by atoms with Crippen LogP contribution in [0.5, 0.6) is 5.75 Å². The number of amides is 2. The fourth-order valence-corrected chi connectivity index (χ4v) is 3.91. The second-order valence-corrected chi connectivity index (χ2v) is 8.13. The van der Waals surface area contributed by atoms with Crippen LogP contribution in [0.3, 0.4) is 0 Å². The summed E-state index contributed by atoms with van der Waals surface area (Å²) in [6, 6.07) is 4.67. The molecule has 37 heavy (non-hydrogen) atoms. The summed E-state index contributed by atoms with van der Waals surface area (Å²) < 4.78 is 105. The lowest BCUT2D eigenvalue weighted by molar-refractivity contribution is -0.274. The van der Waals surface area contributed by atoms with Gasteiger partial charge in [-0.05, 0) is 60.0 Å². The molecule has 1 saturated heterocycles. The molecule has 0 N–H and O–H groups in total. The second-order valence-electron chi connectivity index (χ2n) is 8.13. The zero-order valence-electron chi connectivity index (χ0n) is 19.6. The first-order valence-electron chi connectivity index (χ1n) is 10.6. The van der Waals surface area contributed by atoms with Crippen molar-refractivity contribution >= 4 is 17.9 Å². The molecule has 2 aromatic rings. The number of carbonyl (C=O) groups is 2. The van der Waals surface area contributed by atoms with Gasteiger partial charge in [-0.15, -0.1) is 13.2 Å². The Labute approximate surface area is 206 Å². The second kappa shape index (κ2) is 10.3. The highest BCUT2D eigenvalue weighted by Gasteiger charge is 2.42. The standard InChI is InChI=1S/C23H21F7N2O5/c1-12-19(14-6-13(10-24)7-16(8-14)22(25,26)27)36-21(34)32(12)11-15-9-17(37-23(28,29)30)4-5-18(15)31(2)20(33)35-3/h4-9,12,19H,10-11H2,1-3H3/t12-,19-/m0/s1. The number of hydrogen-bond acceptors (Lipinski definition) is 5. The molecule has 1 aliphatic heterocycles. The molecular formula is C23H21F7N2O5. The number of hydrogen-bond donors (Lipinski definition) is 0. The monoisotopic (exact) mass is 538 g/mol. The van der Waals surface area contributed by atoms with E-state index in [0.29, 0.717) is 6.07 Å². The Hall–Kier alpha value is -3.71. The minimum atomic E-state index is -5.02. The van der Waals surface area contributed by atoms with Gasteiger partial charge in [0.1, 0.15) is 18.5 Å². The van der Waals surface area contributed by atoms with E-state index in [4.69, 9.17) is 4.74 Å². The number of benzene rings is 2. The normalized spacial score (nSPS) is 18.0. The lowest BCUT2D eigenvalue weighted by Crippen LogP contribution is -2.33. The van der Waals surface area contributed by atoms with E-state index in [9.17, 15) is 40.3 Å². The van der Waals surface area contributed by atoms with Crippen LogP contribution in [0.4, 0.5) is 46.0 Å². The number of nitrogens with zero attached hydrogens (tertiary/aromatic N) is 2. The molecule has 2 aromatic carbocycles. The third-order valence-corrected chi connectivity index (χ3v) is 5.65. The summed E-state index contributed by atoms with van der Waals surface area (Å²) >= 11 is 0. The summed E-state index contributed by atoms with van der Waals surface area (Å²) in [7, 11) is 2.37. The van der Waals surface area contributed by atoms with Crippen LogP contribution in [0, 0.1) is 0 Å². The first-order chi connectivity index (χ1) is 17.1. The van der Waals surface area contributed by atoms with Crippen molar-refractivity contribution < 1.29 is 54.5 Å². The van der Waals surface area contributed by atoms with Crippen molar-refractivity contribution in [1.82, 2.24) is 4.90 Å². The number of methoxy groups -OCH3 is 1. The van der Waals surface area contributed by atoms with Crippen molar-refractivity contribution in [3.8, 4) is 5.75 Å². The maximum atomic E-state index is 13.3. The van der Waals surface area contributed by atoms with Gasteiger partial charge >= 0.3 is 24.7 Å². The van der Waals surface area contributed by atoms with Crippen LogP contribution < -0.4 is 9.64 Å². The van der Waals surface area contributed by atoms with E-state index in [2.05, 4.69) is 9.47 Å². The molecule has 0 radical (unpaired) electrons. The Morgan fingerprint density at radius 1 is 1.11 bits per heavy atom. The lowest BCUT2D eigenvalue weighted by atomic mass is 9.98. The van der Waals surface area contributed by atoms with Gasteiger partial charge in [-0.2, -0.15) is 13.2 Å². The smallest absolute Gasteiger partial charge is 0.452 e. The molecule has 1 fully saturated rings. The van der Waals surface area contributed by atoms with Crippen LogP contribution in [-0.2, 0) is 28.9 Å². The summed E-state index contributed by atoms with van der Waals surface area (Å²) in [4.78, 5) is 26.7. The van der Waals surface area contributed by atoms with Crippen LogP contribution in [0.15, 0.2) is 36.4 Å². The maximum absolute atomic E-state index is 13.3. The number of carbonyl (C=O) groups excluding carboxylic acids is 2. The number of rotatable bonds is 6. The summed E-state index contributed by atoms with van der Waals surface area (Å²) in [5.41, 5.74) is -1.41. The van der Waals surface area contributed by atoms with Crippen molar-refractivity contribution in [3.05, 3.63) is 58.7 Å². The third-order valence-electron chi connectivity index (χ3n) is 5.65. The molecular weight excluding hydrogens is 517 g/mol. The van der Waals surface area contributed by atoms with Gasteiger partial charge in [-0.3, -0.25) is 9.80 Å². The molecule has 3 rings (SSSR count). The SMILES string of the molecule is COC(=O)N(C)c1ccc(OC(F)(F)F)cc1CN1C(=O)O[C@H](c2cc(CF)cc(C(F)(F)F)c2)[C@@H]1C. The van der Waals surface area contributed by atoms with Crippen molar-refractivity contribution in [3.63, 3.8) is 0 Å². The van der Waals surface area contributed by atoms with E-state index >= 15 is 0 Å². The molecule has 0 aliphatic carbocycles. The third kappa shape index (κ3) is 6.35. The van der Waals surface area contributed by atoms with E-state index in [0.717, 1.165) is 47.2 Å². The Bertz CT molecular complexity index is 1170. The van der Waals surface area contributed by atoms with Crippen LogP contribution in [0.25, 0.3) is 0 Å². The predicted molar refractivity (Wildman–Crippen MR) is 114 cm³/mol. The van der Waals surface area contributed by atoms with Gasteiger partial charge in [0.15, 0.2) is 0 Å². The maximum Gasteiger partial charge on any atom is 0.573 e. The highest BCUT2D eigenvalue weighted by atomic mass is 19.4. The quantitative estimate of drug-likeness (QED) is 0.401. The van der Waals surface area contributed by atoms with Crippen molar-refractivity contribution in [2.75, 3.05) is 19.1 Å². The summed E-state index contributed by atoms with van der Waals surface area (Å²) in [6.07, 6.45) is -12.9. The average Bonchev–Trinajstić information content (AvgIpc) is 3.09. The Kier molecular flexibility index (Phi) is 7.79. The van der Waals surface area contributed by atoms with E-state index in [1.165, 1.54) is 14.0 Å². The van der Waals surface area contributed by atoms with Crippen molar-refractivity contribution in [2.45, 2.75) is 44.8 Å². The van der Waals surface area contributed by atoms with Crippen LogP contribution in [-0.4, -0.2) is 43.6 Å². The van der Waals surface area contributed by atoms with Crippen LogP contribution >= 0.6 is 0 Å². The Morgan fingerprint density at radius 3 is 2.35 bits per heavy atom. The molecule has 0 saturated carbocycles. The average molecular weight is 538 g/mol. The highest BCUT2D eigenvalue weighted by molar-refractivity contribution is 5.88. The van der Waals surface area contributed by atoms with Gasteiger partial charge in [0.2, 0.25) is 0 Å². The molecule has 2 atom stereocenters.